The fourth-order valence-electron chi connectivity index (χ4n) is 2.68. The van der Waals surface area contributed by atoms with Gasteiger partial charge in [-0.1, -0.05) is 0 Å². The zero-order valence-corrected chi connectivity index (χ0v) is 10.3. The van der Waals surface area contributed by atoms with E-state index in [1.807, 2.05) is 0 Å². The van der Waals surface area contributed by atoms with E-state index in [9.17, 15) is 0 Å². The molecule has 0 radical (unpaired) electrons. The highest BCUT2D eigenvalue weighted by molar-refractivity contribution is 4.95. The van der Waals surface area contributed by atoms with E-state index < -0.39 is 0 Å². The zero-order chi connectivity index (χ0) is 10.9. The first-order chi connectivity index (χ1) is 7.02. The molecule has 0 spiro atoms. The maximum Gasteiger partial charge on any atom is 0.0648 e. The predicted molar refractivity (Wildman–Crippen MR) is 62.1 cm³/mol. The van der Waals surface area contributed by atoms with Crippen LogP contribution in [-0.2, 0) is 4.74 Å². The van der Waals surface area contributed by atoms with Gasteiger partial charge in [-0.3, -0.25) is 4.90 Å². The summed E-state index contributed by atoms with van der Waals surface area (Å²) in [7, 11) is 0. The van der Waals surface area contributed by atoms with Gasteiger partial charge in [-0.05, 0) is 40.2 Å². The number of ether oxygens (including phenoxy) is 1. The summed E-state index contributed by atoms with van der Waals surface area (Å²) in [5, 5.41) is 3.61. The van der Waals surface area contributed by atoms with Crippen LogP contribution in [0.2, 0.25) is 0 Å². The summed E-state index contributed by atoms with van der Waals surface area (Å²) in [6, 6.07) is 0. The second-order valence-electron chi connectivity index (χ2n) is 5.89. The lowest BCUT2D eigenvalue weighted by Crippen LogP contribution is -2.54. The summed E-state index contributed by atoms with van der Waals surface area (Å²) in [5.41, 5.74) is 0.519. The van der Waals surface area contributed by atoms with Crippen molar-refractivity contribution < 1.29 is 4.74 Å². The van der Waals surface area contributed by atoms with E-state index >= 15 is 0 Å². The second-order valence-corrected chi connectivity index (χ2v) is 5.89. The normalized spacial score (nSPS) is 37.8. The van der Waals surface area contributed by atoms with Crippen LogP contribution in [0.1, 0.15) is 33.6 Å². The minimum absolute atomic E-state index is 0.238. The molecule has 2 rings (SSSR count). The summed E-state index contributed by atoms with van der Waals surface area (Å²) < 4.78 is 5.56. The highest BCUT2D eigenvalue weighted by Crippen LogP contribution is 2.28. The largest absolute Gasteiger partial charge is 0.379 e. The van der Waals surface area contributed by atoms with Gasteiger partial charge in [0.2, 0.25) is 0 Å². The summed E-state index contributed by atoms with van der Waals surface area (Å²) in [4.78, 5) is 2.62. The molecule has 0 amide bonds. The van der Waals surface area contributed by atoms with Crippen LogP contribution in [0.4, 0.5) is 0 Å². The minimum Gasteiger partial charge on any atom is -0.379 e. The SMILES string of the molecule is CC1(C)CN(C2(C)CCOC2)CCCN1. The van der Waals surface area contributed by atoms with Crippen molar-refractivity contribution in [3.05, 3.63) is 0 Å². The second kappa shape index (κ2) is 4.04. The van der Waals surface area contributed by atoms with Crippen molar-refractivity contribution in [1.82, 2.24) is 10.2 Å². The predicted octanol–water partition coefficient (Wildman–Crippen LogP) is 1.24. The Hall–Kier alpha value is -0.120. The molecule has 2 aliphatic heterocycles. The third-order valence-corrected chi connectivity index (χ3v) is 3.76. The van der Waals surface area contributed by atoms with E-state index in [4.69, 9.17) is 4.74 Å². The van der Waals surface area contributed by atoms with Crippen LogP contribution >= 0.6 is 0 Å². The van der Waals surface area contributed by atoms with Gasteiger partial charge in [0.25, 0.3) is 0 Å². The van der Waals surface area contributed by atoms with Crippen molar-refractivity contribution in [1.29, 1.82) is 0 Å². The van der Waals surface area contributed by atoms with Crippen molar-refractivity contribution in [3.8, 4) is 0 Å². The van der Waals surface area contributed by atoms with Crippen LogP contribution in [0.5, 0.6) is 0 Å². The Labute approximate surface area is 93.2 Å². The van der Waals surface area contributed by atoms with Crippen molar-refractivity contribution in [2.24, 2.45) is 0 Å². The third-order valence-electron chi connectivity index (χ3n) is 3.76. The first-order valence-electron chi connectivity index (χ1n) is 6.10. The average molecular weight is 212 g/mol. The van der Waals surface area contributed by atoms with Crippen LogP contribution in [-0.4, -0.2) is 48.8 Å². The average Bonchev–Trinajstić information content (AvgIpc) is 2.50. The Morgan fingerprint density at radius 2 is 2.07 bits per heavy atom. The van der Waals surface area contributed by atoms with E-state index in [0.717, 1.165) is 26.3 Å². The zero-order valence-electron chi connectivity index (χ0n) is 10.3. The van der Waals surface area contributed by atoms with Crippen molar-refractivity contribution in [2.45, 2.75) is 44.7 Å². The molecular formula is C12H24N2O. The maximum absolute atomic E-state index is 5.56. The fraction of sp³-hybridized carbons (Fsp3) is 1.00. The summed E-state index contributed by atoms with van der Waals surface area (Å²) >= 11 is 0. The van der Waals surface area contributed by atoms with Crippen LogP contribution in [0.3, 0.4) is 0 Å². The van der Waals surface area contributed by atoms with Crippen LogP contribution in [0.15, 0.2) is 0 Å². The maximum atomic E-state index is 5.56. The van der Waals surface area contributed by atoms with Crippen LogP contribution < -0.4 is 5.32 Å². The van der Waals surface area contributed by atoms with Crippen molar-refractivity contribution in [3.63, 3.8) is 0 Å². The molecule has 0 saturated carbocycles. The fourth-order valence-corrected chi connectivity index (χ4v) is 2.68. The molecule has 0 bridgehead atoms. The monoisotopic (exact) mass is 212 g/mol. The molecule has 3 heteroatoms. The van der Waals surface area contributed by atoms with Crippen molar-refractivity contribution >= 4 is 0 Å². The van der Waals surface area contributed by atoms with Gasteiger partial charge in [0.15, 0.2) is 0 Å². The lowest BCUT2D eigenvalue weighted by Gasteiger charge is -2.40. The summed E-state index contributed by atoms with van der Waals surface area (Å²) in [6.45, 7) is 12.3. The molecule has 2 saturated heterocycles. The van der Waals surface area contributed by atoms with Crippen molar-refractivity contribution in [2.75, 3.05) is 32.8 Å². The number of hydrogen-bond acceptors (Lipinski definition) is 3. The van der Waals surface area contributed by atoms with Crippen LogP contribution in [0.25, 0.3) is 0 Å². The molecule has 2 aliphatic rings. The molecule has 1 unspecified atom stereocenters. The minimum atomic E-state index is 0.238. The summed E-state index contributed by atoms with van der Waals surface area (Å²) in [5.74, 6) is 0. The molecular weight excluding hydrogens is 188 g/mol. The Balaban J connectivity index is 2.06. The molecule has 3 nitrogen and oxygen atoms in total. The first-order valence-corrected chi connectivity index (χ1v) is 6.10. The van der Waals surface area contributed by atoms with E-state index in [-0.39, 0.29) is 11.1 Å². The molecule has 2 heterocycles. The molecule has 1 atom stereocenters. The Bertz CT molecular complexity index is 222. The Morgan fingerprint density at radius 3 is 2.73 bits per heavy atom. The van der Waals surface area contributed by atoms with Gasteiger partial charge >= 0.3 is 0 Å². The third kappa shape index (κ3) is 2.52. The van der Waals surface area contributed by atoms with Gasteiger partial charge in [-0.2, -0.15) is 0 Å². The molecule has 1 N–H and O–H groups in total. The van der Waals surface area contributed by atoms with E-state index in [1.54, 1.807) is 0 Å². The van der Waals surface area contributed by atoms with Gasteiger partial charge < -0.3 is 10.1 Å². The number of nitrogens with one attached hydrogen (secondary N) is 1. The molecule has 0 aromatic rings. The standard InChI is InChI=1S/C12H24N2O/c1-11(2)9-14(7-4-6-13-11)12(3)5-8-15-10-12/h13H,4-10H2,1-3H3. The lowest BCUT2D eigenvalue weighted by atomic mass is 9.95. The first kappa shape index (κ1) is 11.4. The topological polar surface area (TPSA) is 24.5 Å². The lowest BCUT2D eigenvalue weighted by molar-refractivity contribution is 0.0681. The Kier molecular flexibility index (Phi) is 3.06. The van der Waals surface area contributed by atoms with Gasteiger partial charge in [0.1, 0.15) is 0 Å². The smallest absolute Gasteiger partial charge is 0.0648 e. The van der Waals surface area contributed by atoms with Gasteiger partial charge in [0.05, 0.1) is 6.61 Å². The summed E-state index contributed by atoms with van der Waals surface area (Å²) in [6.07, 6.45) is 2.43. The molecule has 88 valence electrons. The number of rotatable bonds is 1. The number of hydrogen-bond donors (Lipinski definition) is 1. The van der Waals surface area contributed by atoms with Gasteiger partial charge in [-0.15, -0.1) is 0 Å². The molecule has 0 aromatic carbocycles. The van der Waals surface area contributed by atoms with E-state index in [1.165, 1.54) is 19.4 Å². The molecule has 2 fully saturated rings. The van der Waals surface area contributed by atoms with E-state index in [2.05, 4.69) is 31.0 Å². The molecule has 0 aliphatic carbocycles. The Morgan fingerprint density at radius 1 is 1.27 bits per heavy atom. The highest BCUT2D eigenvalue weighted by atomic mass is 16.5. The number of nitrogens with zero attached hydrogens (tertiary/aromatic N) is 1. The van der Waals surface area contributed by atoms with Gasteiger partial charge in [-0.25, -0.2) is 0 Å². The highest BCUT2D eigenvalue weighted by Gasteiger charge is 2.39. The molecule has 15 heavy (non-hydrogen) atoms. The van der Waals surface area contributed by atoms with E-state index in [0.29, 0.717) is 0 Å². The molecule has 0 aromatic heterocycles. The quantitative estimate of drug-likeness (QED) is 0.708. The van der Waals surface area contributed by atoms with Crippen LogP contribution in [0, 0.1) is 0 Å². The van der Waals surface area contributed by atoms with Gasteiger partial charge in [0, 0.05) is 30.8 Å².